The van der Waals surface area contributed by atoms with Crippen molar-refractivity contribution in [3.05, 3.63) is 199 Å². The van der Waals surface area contributed by atoms with Gasteiger partial charge in [0.25, 0.3) is 0 Å². The summed E-state index contributed by atoms with van der Waals surface area (Å²) in [5, 5.41) is 2.54. The van der Waals surface area contributed by atoms with E-state index in [-0.39, 0.29) is 5.41 Å². The standard InChI is InChI=1S/C56H45N/c1-3-12-39(13-4-1)41-22-26-45(27-23-41)57(46-28-24-42(25-29-46)40-14-5-2-6-15-40)54-31-30-48(47-16-7-8-17-49(47)54)50-19-11-21-53-55(50)51-18-9-10-20-52(51)56(53)43-33-37-32-38(35-43)36-44(56)34-37/h1-31,37-38,43-44H,32-36H2. The van der Waals surface area contributed by atoms with Crippen molar-refractivity contribution in [2.24, 2.45) is 23.7 Å². The molecule has 1 nitrogen and oxygen atoms in total. The predicted octanol–water partition coefficient (Wildman–Crippen LogP) is 15.0. The fourth-order valence-electron chi connectivity index (χ4n) is 12.4. The number of benzene rings is 8. The van der Waals surface area contributed by atoms with Crippen LogP contribution >= 0.6 is 0 Å². The van der Waals surface area contributed by atoms with Crippen LogP contribution in [0.25, 0.3) is 55.3 Å². The molecule has 57 heavy (non-hydrogen) atoms. The van der Waals surface area contributed by atoms with E-state index in [1.54, 1.807) is 11.1 Å². The zero-order chi connectivity index (χ0) is 37.5. The molecule has 4 saturated carbocycles. The number of nitrogens with zero attached hydrogens (tertiary/aromatic N) is 1. The van der Waals surface area contributed by atoms with Gasteiger partial charge in [0, 0.05) is 22.2 Å². The summed E-state index contributed by atoms with van der Waals surface area (Å²) >= 11 is 0. The van der Waals surface area contributed by atoms with Crippen LogP contribution in [0.3, 0.4) is 0 Å². The van der Waals surface area contributed by atoms with Crippen LogP contribution in [-0.2, 0) is 5.41 Å². The second-order valence-electron chi connectivity index (χ2n) is 17.3. The molecule has 1 heteroatoms. The second kappa shape index (κ2) is 12.9. The highest BCUT2D eigenvalue weighted by Crippen LogP contribution is 2.70. The van der Waals surface area contributed by atoms with Crippen LogP contribution in [0.4, 0.5) is 17.1 Å². The van der Waals surface area contributed by atoms with Crippen molar-refractivity contribution in [3.8, 4) is 44.5 Å². The predicted molar refractivity (Wildman–Crippen MR) is 238 cm³/mol. The Bertz CT molecular complexity index is 2670. The first-order valence-corrected chi connectivity index (χ1v) is 21.1. The van der Waals surface area contributed by atoms with E-state index in [2.05, 4.69) is 193 Å². The van der Waals surface area contributed by atoms with Gasteiger partial charge in [-0.15, -0.1) is 0 Å². The van der Waals surface area contributed by atoms with Gasteiger partial charge in [-0.3, -0.25) is 0 Å². The van der Waals surface area contributed by atoms with Gasteiger partial charge in [-0.25, -0.2) is 0 Å². The molecule has 0 aromatic heterocycles. The van der Waals surface area contributed by atoms with Gasteiger partial charge in [-0.2, -0.15) is 0 Å². The molecule has 0 amide bonds. The third-order valence-corrected chi connectivity index (χ3v) is 14.5. The molecular weight excluding hydrogens is 687 g/mol. The molecule has 4 bridgehead atoms. The van der Waals surface area contributed by atoms with Gasteiger partial charge in [0.2, 0.25) is 0 Å². The minimum atomic E-state index is 0.153. The molecule has 1 spiro atoms. The molecular formula is C56H45N. The molecule has 0 saturated heterocycles. The fourth-order valence-corrected chi connectivity index (χ4v) is 12.4. The Morgan fingerprint density at radius 1 is 0.351 bits per heavy atom. The fraction of sp³-hybridized carbons (Fsp3) is 0.179. The Kier molecular flexibility index (Phi) is 7.49. The number of rotatable bonds is 6. The third kappa shape index (κ3) is 5.01. The quantitative estimate of drug-likeness (QED) is 0.165. The van der Waals surface area contributed by atoms with Gasteiger partial charge in [0.15, 0.2) is 0 Å². The Balaban J connectivity index is 1.03. The van der Waals surface area contributed by atoms with E-state index in [4.69, 9.17) is 0 Å². The Hall–Kier alpha value is -6.18. The topological polar surface area (TPSA) is 3.24 Å². The first kappa shape index (κ1) is 33.0. The van der Waals surface area contributed by atoms with Gasteiger partial charge >= 0.3 is 0 Å². The second-order valence-corrected chi connectivity index (χ2v) is 17.3. The van der Waals surface area contributed by atoms with Crippen molar-refractivity contribution < 1.29 is 0 Å². The minimum absolute atomic E-state index is 0.153. The van der Waals surface area contributed by atoms with Crippen molar-refractivity contribution in [1.82, 2.24) is 0 Å². The smallest absolute Gasteiger partial charge is 0.0540 e. The first-order chi connectivity index (χ1) is 28.2. The summed E-state index contributed by atoms with van der Waals surface area (Å²) in [5.41, 5.74) is 17.4. The zero-order valence-corrected chi connectivity index (χ0v) is 32.2. The van der Waals surface area contributed by atoms with Crippen LogP contribution in [0, 0.1) is 23.7 Å². The number of hydrogen-bond donors (Lipinski definition) is 0. The Labute approximate surface area is 336 Å². The summed E-state index contributed by atoms with van der Waals surface area (Å²) in [4.78, 5) is 2.45. The molecule has 4 fully saturated rings. The van der Waals surface area contributed by atoms with Gasteiger partial charge in [0.05, 0.1) is 5.69 Å². The van der Waals surface area contributed by atoms with Crippen molar-refractivity contribution >= 4 is 27.8 Å². The lowest BCUT2D eigenvalue weighted by Crippen LogP contribution is -2.55. The minimum Gasteiger partial charge on any atom is -0.310 e. The molecule has 0 atom stereocenters. The van der Waals surface area contributed by atoms with E-state index in [0.29, 0.717) is 0 Å². The number of fused-ring (bicyclic) bond motifs is 4. The summed E-state index contributed by atoms with van der Waals surface area (Å²) in [6, 6.07) is 70.3. The summed E-state index contributed by atoms with van der Waals surface area (Å²) in [7, 11) is 0. The van der Waals surface area contributed by atoms with E-state index in [1.807, 2.05) is 0 Å². The maximum Gasteiger partial charge on any atom is 0.0540 e. The molecule has 0 N–H and O–H groups in total. The largest absolute Gasteiger partial charge is 0.310 e. The molecule has 274 valence electrons. The van der Waals surface area contributed by atoms with Crippen LogP contribution in [-0.4, -0.2) is 0 Å². The van der Waals surface area contributed by atoms with Crippen molar-refractivity contribution in [2.75, 3.05) is 4.90 Å². The molecule has 8 aromatic rings. The lowest BCUT2D eigenvalue weighted by atomic mass is 9.43. The Morgan fingerprint density at radius 3 is 1.46 bits per heavy atom. The monoisotopic (exact) mass is 731 g/mol. The van der Waals surface area contributed by atoms with E-state index in [0.717, 1.165) is 35.0 Å². The maximum absolute atomic E-state index is 2.53. The van der Waals surface area contributed by atoms with Crippen LogP contribution < -0.4 is 4.90 Å². The zero-order valence-electron chi connectivity index (χ0n) is 32.2. The van der Waals surface area contributed by atoms with Crippen molar-refractivity contribution in [2.45, 2.75) is 37.5 Å². The normalized spacial score (nSPS) is 22.5. The summed E-state index contributed by atoms with van der Waals surface area (Å²) < 4.78 is 0. The van der Waals surface area contributed by atoms with E-state index >= 15 is 0 Å². The Morgan fingerprint density at radius 2 is 0.842 bits per heavy atom. The SMILES string of the molecule is c1ccc(-c2ccc(N(c3ccc(-c4ccccc4)cc3)c3ccc(-c4cccc5c4-c4ccccc4C54C5CC6CC(C5)CC4C6)c4ccccc34)cc2)cc1. The molecule has 5 aliphatic rings. The van der Waals surface area contributed by atoms with E-state index < -0.39 is 0 Å². The van der Waals surface area contributed by atoms with E-state index in [9.17, 15) is 0 Å². The molecule has 5 aliphatic carbocycles. The lowest BCUT2D eigenvalue weighted by Gasteiger charge is -2.61. The number of hydrogen-bond acceptors (Lipinski definition) is 1. The molecule has 0 heterocycles. The summed E-state index contributed by atoms with van der Waals surface area (Å²) in [6.07, 6.45) is 7.07. The van der Waals surface area contributed by atoms with Crippen LogP contribution in [0.15, 0.2) is 188 Å². The molecule has 0 radical (unpaired) electrons. The molecule has 13 rings (SSSR count). The average molecular weight is 732 g/mol. The molecule has 8 aromatic carbocycles. The third-order valence-electron chi connectivity index (χ3n) is 14.5. The molecule has 0 aliphatic heterocycles. The van der Waals surface area contributed by atoms with Gasteiger partial charge in [-0.1, -0.05) is 158 Å². The van der Waals surface area contributed by atoms with Crippen LogP contribution in [0.1, 0.15) is 43.2 Å². The van der Waals surface area contributed by atoms with Gasteiger partial charge in [0.1, 0.15) is 0 Å². The van der Waals surface area contributed by atoms with Crippen molar-refractivity contribution in [1.29, 1.82) is 0 Å². The average Bonchev–Trinajstić information content (AvgIpc) is 3.57. The molecule has 0 unspecified atom stereocenters. The number of anilines is 3. The summed E-state index contributed by atoms with van der Waals surface area (Å²) in [5.74, 6) is 3.36. The first-order valence-electron chi connectivity index (χ1n) is 21.1. The van der Waals surface area contributed by atoms with Gasteiger partial charge < -0.3 is 4.90 Å². The van der Waals surface area contributed by atoms with Gasteiger partial charge in [-0.05, 0) is 147 Å². The lowest BCUT2D eigenvalue weighted by molar-refractivity contribution is -0.0399. The highest BCUT2D eigenvalue weighted by molar-refractivity contribution is 6.09. The van der Waals surface area contributed by atoms with Crippen LogP contribution in [0.5, 0.6) is 0 Å². The summed E-state index contributed by atoms with van der Waals surface area (Å²) in [6.45, 7) is 0. The highest BCUT2D eigenvalue weighted by atomic mass is 15.1. The van der Waals surface area contributed by atoms with Crippen LogP contribution in [0.2, 0.25) is 0 Å². The van der Waals surface area contributed by atoms with E-state index in [1.165, 1.54) is 93.1 Å². The maximum atomic E-state index is 2.53. The van der Waals surface area contributed by atoms with Crippen molar-refractivity contribution in [3.63, 3.8) is 0 Å². The highest BCUT2D eigenvalue weighted by Gasteiger charge is 2.61.